The summed E-state index contributed by atoms with van der Waals surface area (Å²) >= 11 is 0. The number of aromatic nitrogens is 4. The van der Waals surface area contributed by atoms with Crippen molar-refractivity contribution in [1.29, 1.82) is 0 Å². The Hall–Kier alpha value is -3.34. The molecule has 2 aliphatic rings. The molecule has 4 aromatic rings. The number of benzene rings is 2. The normalized spacial score (nSPS) is 20.0. The van der Waals surface area contributed by atoms with Gasteiger partial charge >= 0.3 is 7.60 Å². The summed E-state index contributed by atoms with van der Waals surface area (Å²) in [5.74, 6) is 1.99. The van der Waals surface area contributed by atoms with E-state index in [4.69, 9.17) is 24.6 Å². The van der Waals surface area contributed by atoms with Gasteiger partial charge in [-0.15, -0.1) is 0 Å². The number of fused-ring (bicyclic) bond motifs is 1. The molecule has 3 heterocycles. The van der Waals surface area contributed by atoms with Crippen LogP contribution in [0.4, 0.5) is 5.82 Å². The van der Waals surface area contributed by atoms with Crippen molar-refractivity contribution in [1.82, 2.24) is 29.5 Å². The minimum atomic E-state index is -3.00. The lowest BCUT2D eigenvalue weighted by Crippen LogP contribution is -2.51. The Morgan fingerprint density at radius 2 is 1.49 bits per heavy atom. The summed E-state index contributed by atoms with van der Waals surface area (Å²) in [5.41, 5.74) is 8.94. The first-order valence-corrected chi connectivity index (χ1v) is 17.9. The van der Waals surface area contributed by atoms with Gasteiger partial charge in [0.15, 0.2) is 5.65 Å². The van der Waals surface area contributed by atoms with Crippen molar-refractivity contribution < 1.29 is 18.3 Å². The molecule has 0 atom stereocenters. The molecule has 11 nitrogen and oxygen atoms in total. The summed E-state index contributed by atoms with van der Waals surface area (Å²) in [6.45, 7) is 9.24. The molecule has 6 rings (SSSR count). The fourth-order valence-corrected chi connectivity index (χ4v) is 8.25. The maximum atomic E-state index is 12.9. The standard InChI is InChI=1S/C33H44N7O4P/c1-3-42-45(41,43-4-2)23-22-38-18-20-39(21-19-38)26-12-14-27(15-13-26)40-33-30(32(34)35-24-36-33)31(37-40)25-10-16-29(17-11-25)44-28-8-6-5-7-9-28/h5-11,16-17,24,26-27H,3-4,12-15,18-23H2,1-2H3,(H2,34,35,36). The predicted octanol–water partition coefficient (Wildman–Crippen LogP) is 6.24. The van der Waals surface area contributed by atoms with E-state index in [1.165, 1.54) is 6.33 Å². The Balaban J connectivity index is 1.08. The van der Waals surface area contributed by atoms with Crippen molar-refractivity contribution in [3.8, 4) is 22.8 Å². The smallest absolute Gasteiger partial charge is 0.331 e. The highest BCUT2D eigenvalue weighted by molar-refractivity contribution is 7.53. The van der Waals surface area contributed by atoms with E-state index in [2.05, 4.69) is 24.4 Å². The van der Waals surface area contributed by atoms with Crippen molar-refractivity contribution >= 4 is 24.4 Å². The molecule has 12 heteroatoms. The van der Waals surface area contributed by atoms with Crippen LogP contribution in [0.5, 0.6) is 11.5 Å². The highest BCUT2D eigenvalue weighted by Crippen LogP contribution is 2.47. The monoisotopic (exact) mass is 633 g/mol. The maximum Gasteiger partial charge on any atom is 0.331 e. The van der Waals surface area contributed by atoms with E-state index in [0.717, 1.165) is 92.2 Å². The molecule has 0 bridgehead atoms. The van der Waals surface area contributed by atoms with Gasteiger partial charge < -0.3 is 24.4 Å². The number of rotatable bonds is 12. The third-order valence-electron chi connectivity index (χ3n) is 8.90. The highest BCUT2D eigenvalue weighted by Gasteiger charge is 2.32. The minimum absolute atomic E-state index is 0.250. The first-order valence-electron chi connectivity index (χ1n) is 16.1. The van der Waals surface area contributed by atoms with Gasteiger partial charge in [0.1, 0.15) is 29.3 Å². The molecule has 1 aliphatic carbocycles. The Bertz CT molecular complexity index is 1570. The quantitative estimate of drug-likeness (QED) is 0.180. The van der Waals surface area contributed by atoms with Gasteiger partial charge in [-0.05, 0) is 75.9 Å². The van der Waals surface area contributed by atoms with Crippen LogP contribution >= 0.6 is 7.60 Å². The van der Waals surface area contributed by atoms with Crippen molar-refractivity contribution in [3.63, 3.8) is 0 Å². The van der Waals surface area contributed by atoms with Gasteiger partial charge in [-0.3, -0.25) is 9.46 Å². The molecule has 45 heavy (non-hydrogen) atoms. The van der Waals surface area contributed by atoms with E-state index in [0.29, 0.717) is 31.2 Å². The van der Waals surface area contributed by atoms with E-state index >= 15 is 0 Å². The number of nitrogens with zero attached hydrogens (tertiary/aromatic N) is 6. The van der Waals surface area contributed by atoms with Crippen LogP contribution < -0.4 is 10.5 Å². The summed E-state index contributed by atoms with van der Waals surface area (Å²) < 4.78 is 31.9. The van der Waals surface area contributed by atoms with Gasteiger partial charge in [0.2, 0.25) is 0 Å². The zero-order valence-corrected chi connectivity index (χ0v) is 27.1. The Morgan fingerprint density at radius 3 is 2.16 bits per heavy atom. The van der Waals surface area contributed by atoms with Crippen LogP contribution in [-0.2, 0) is 13.6 Å². The average molecular weight is 634 g/mol. The van der Waals surface area contributed by atoms with Gasteiger partial charge in [-0.25, -0.2) is 14.6 Å². The molecule has 2 aromatic heterocycles. The van der Waals surface area contributed by atoms with Crippen LogP contribution in [0.1, 0.15) is 45.6 Å². The number of anilines is 1. The second-order valence-corrected chi connectivity index (χ2v) is 13.9. The highest BCUT2D eigenvalue weighted by atomic mass is 31.2. The summed E-state index contributed by atoms with van der Waals surface area (Å²) in [5, 5.41) is 5.90. The van der Waals surface area contributed by atoms with E-state index in [9.17, 15) is 4.57 Å². The first-order chi connectivity index (χ1) is 22.0. The lowest BCUT2D eigenvalue weighted by Gasteiger charge is -2.42. The molecular weight excluding hydrogens is 589 g/mol. The SMILES string of the molecule is CCOP(=O)(CCN1CCN(C2CCC(n3nc(-c4ccc(Oc5ccccc5)cc4)c4c(N)ncnc43)CC2)CC1)OCC. The van der Waals surface area contributed by atoms with Crippen molar-refractivity contribution in [3.05, 3.63) is 60.9 Å². The van der Waals surface area contributed by atoms with Crippen LogP contribution in [0.25, 0.3) is 22.3 Å². The fraction of sp³-hybridized carbons (Fsp3) is 0.485. The van der Waals surface area contributed by atoms with Crippen molar-refractivity contribution in [2.45, 2.75) is 51.6 Å². The molecule has 240 valence electrons. The number of para-hydroxylation sites is 1. The average Bonchev–Trinajstić information content (AvgIpc) is 3.46. The van der Waals surface area contributed by atoms with E-state index < -0.39 is 7.60 Å². The molecule has 1 saturated heterocycles. The summed E-state index contributed by atoms with van der Waals surface area (Å²) in [7, 11) is -3.00. The maximum absolute atomic E-state index is 12.9. The number of nitrogen functional groups attached to an aromatic ring is 1. The Morgan fingerprint density at radius 1 is 0.844 bits per heavy atom. The number of hydrogen-bond donors (Lipinski definition) is 1. The second kappa shape index (κ2) is 14.4. The largest absolute Gasteiger partial charge is 0.457 e. The topological polar surface area (TPSA) is 121 Å². The molecule has 0 spiro atoms. The van der Waals surface area contributed by atoms with Gasteiger partial charge in [-0.2, -0.15) is 5.10 Å². The minimum Gasteiger partial charge on any atom is -0.457 e. The molecule has 2 aromatic carbocycles. The van der Waals surface area contributed by atoms with Crippen molar-refractivity contribution in [2.24, 2.45) is 0 Å². The molecule has 0 amide bonds. The number of hydrogen-bond acceptors (Lipinski definition) is 10. The predicted molar refractivity (Wildman–Crippen MR) is 177 cm³/mol. The third-order valence-corrected chi connectivity index (χ3v) is 11.0. The summed E-state index contributed by atoms with van der Waals surface area (Å²) in [4.78, 5) is 14.0. The number of ether oxygens (including phenoxy) is 1. The van der Waals surface area contributed by atoms with Crippen molar-refractivity contribution in [2.75, 3.05) is 57.8 Å². The second-order valence-electron chi connectivity index (χ2n) is 11.7. The van der Waals surface area contributed by atoms with E-state index in [1.54, 1.807) is 0 Å². The summed E-state index contributed by atoms with van der Waals surface area (Å²) in [6.07, 6.45) is 6.25. The summed E-state index contributed by atoms with van der Waals surface area (Å²) in [6, 6.07) is 18.5. The zero-order chi connectivity index (χ0) is 31.2. The van der Waals surface area contributed by atoms with E-state index in [1.807, 2.05) is 68.4 Å². The van der Waals surface area contributed by atoms with Crippen LogP contribution in [0.3, 0.4) is 0 Å². The van der Waals surface area contributed by atoms with E-state index in [-0.39, 0.29) is 6.04 Å². The van der Waals surface area contributed by atoms with Gasteiger partial charge in [0.25, 0.3) is 0 Å². The number of nitrogens with two attached hydrogens (primary N) is 1. The molecule has 0 unspecified atom stereocenters. The molecular formula is C33H44N7O4P. The molecule has 1 aliphatic heterocycles. The lowest BCUT2D eigenvalue weighted by molar-refractivity contribution is 0.0725. The third kappa shape index (κ3) is 7.39. The van der Waals surface area contributed by atoms with Gasteiger partial charge in [-0.1, -0.05) is 18.2 Å². The molecule has 0 radical (unpaired) electrons. The van der Waals surface area contributed by atoms with Crippen LogP contribution in [-0.4, -0.2) is 87.7 Å². The zero-order valence-electron chi connectivity index (χ0n) is 26.3. The first kappa shape index (κ1) is 31.6. The van der Waals surface area contributed by atoms with Gasteiger partial charge in [0.05, 0.1) is 30.8 Å². The number of piperazine rings is 1. The Kier molecular flexibility index (Phi) is 10.1. The Labute approximate surface area is 265 Å². The van der Waals surface area contributed by atoms with Crippen LogP contribution in [0.2, 0.25) is 0 Å². The fourth-order valence-electron chi connectivity index (χ4n) is 6.60. The molecule has 2 N–H and O–H groups in total. The van der Waals surface area contributed by atoms with Gasteiger partial charge in [0, 0.05) is 44.3 Å². The lowest BCUT2D eigenvalue weighted by atomic mass is 9.90. The van der Waals surface area contributed by atoms with Crippen LogP contribution in [0, 0.1) is 0 Å². The molecule has 1 saturated carbocycles. The molecule has 2 fully saturated rings. The van der Waals surface area contributed by atoms with Crippen LogP contribution in [0.15, 0.2) is 60.9 Å².